The van der Waals surface area contributed by atoms with E-state index in [0.717, 1.165) is 33.5 Å². The van der Waals surface area contributed by atoms with E-state index in [9.17, 15) is 0 Å². The first-order chi connectivity index (χ1) is 25.6. The standard InChI is InChI=1S/C47H32N4S/c1-29-20-24-41-39(26-29)40-28-33(22-25-42(40)51(41)34-14-7-4-8-15-34)46-48-45(31-12-5-3-6-13-31)49-47(50-46)35-23-21-32(27-30(35)2)36-17-11-18-38-37-16-9-10-19-43(37)52-44(36)38/h3-28H,1-2H3. The Kier molecular flexibility index (Phi) is 7.08. The maximum atomic E-state index is 5.18. The van der Waals surface area contributed by atoms with E-state index in [2.05, 4.69) is 158 Å². The second-order valence-electron chi connectivity index (χ2n) is 13.4. The van der Waals surface area contributed by atoms with Gasteiger partial charge in [0.2, 0.25) is 0 Å². The van der Waals surface area contributed by atoms with Crippen LogP contribution in [0.4, 0.5) is 0 Å². The molecule has 0 fully saturated rings. The van der Waals surface area contributed by atoms with Gasteiger partial charge in [-0.2, -0.15) is 0 Å². The van der Waals surface area contributed by atoms with Crippen molar-refractivity contribution >= 4 is 53.3 Å². The molecule has 5 heteroatoms. The van der Waals surface area contributed by atoms with E-state index in [4.69, 9.17) is 15.0 Å². The van der Waals surface area contributed by atoms with Gasteiger partial charge in [-0.15, -0.1) is 11.3 Å². The molecule has 0 unspecified atom stereocenters. The number of aromatic nitrogens is 4. The average Bonchev–Trinajstić information content (AvgIpc) is 3.73. The number of rotatable bonds is 5. The minimum atomic E-state index is 0.650. The molecule has 3 aromatic heterocycles. The average molecular weight is 685 g/mol. The molecule has 10 aromatic rings. The molecule has 0 aliphatic rings. The van der Waals surface area contributed by atoms with E-state index in [-0.39, 0.29) is 0 Å². The maximum absolute atomic E-state index is 5.18. The lowest BCUT2D eigenvalue weighted by atomic mass is 9.98. The van der Waals surface area contributed by atoms with Crippen molar-refractivity contribution in [3.8, 4) is 51.0 Å². The van der Waals surface area contributed by atoms with E-state index >= 15 is 0 Å². The molecule has 3 heterocycles. The number of benzene rings is 7. The lowest BCUT2D eigenvalue weighted by Crippen LogP contribution is -2.01. The van der Waals surface area contributed by atoms with Crippen LogP contribution < -0.4 is 0 Å². The summed E-state index contributed by atoms with van der Waals surface area (Å²) in [4.78, 5) is 15.4. The molecule has 0 aliphatic carbocycles. The molecule has 7 aromatic carbocycles. The number of nitrogens with zero attached hydrogens (tertiary/aromatic N) is 4. The van der Waals surface area contributed by atoms with Crippen molar-refractivity contribution in [1.29, 1.82) is 0 Å². The van der Waals surface area contributed by atoms with Gasteiger partial charge < -0.3 is 4.57 Å². The quantitative estimate of drug-likeness (QED) is 0.181. The summed E-state index contributed by atoms with van der Waals surface area (Å²) in [5, 5.41) is 4.98. The van der Waals surface area contributed by atoms with Crippen LogP contribution in [0, 0.1) is 13.8 Å². The zero-order valence-electron chi connectivity index (χ0n) is 28.7. The summed E-state index contributed by atoms with van der Waals surface area (Å²) >= 11 is 1.86. The van der Waals surface area contributed by atoms with Crippen LogP contribution in [0.2, 0.25) is 0 Å². The molecule has 0 spiro atoms. The Morgan fingerprint density at radius 3 is 1.90 bits per heavy atom. The third-order valence-corrected chi connectivity index (χ3v) is 11.3. The molecule has 52 heavy (non-hydrogen) atoms. The normalized spacial score (nSPS) is 11.7. The second-order valence-corrected chi connectivity index (χ2v) is 14.5. The van der Waals surface area contributed by atoms with E-state index in [1.807, 2.05) is 29.5 Å². The molecule has 0 radical (unpaired) electrons. The Bertz CT molecular complexity index is 2980. The van der Waals surface area contributed by atoms with E-state index in [0.29, 0.717) is 17.5 Å². The summed E-state index contributed by atoms with van der Waals surface area (Å²) in [5.41, 5.74) is 11.1. The van der Waals surface area contributed by atoms with Crippen molar-refractivity contribution in [2.45, 2.75) is 13.8 Å². The lowest BCUT2D eigenvalue weighted by Gasteiger charge is -2.12. The highest BCUT2D eigenvalue weighted by molar-refractivity contribution is 7.26. The highest BCUT2D eigenvalue weighted by Crippen LogP contribution is 2.41. The molecule has 0 bridgehead atoms. The third-order valence-electron chi connectivity index (χ3n) is 10.0. The predicted octanol–water partition coefficient (Wildman–Crippen LogP) is 12.6. The number of hydrogen-bond acceptors (Lipinski definition) is 4. The smallest absolute Gasteiger partial charge is 0.164 e. The van der Waals surface area contributed by atoms with Gasteiger partial charge in [-0.1, -0.05) is 115 Å². The number of fused-ring (bicyclic) bond motifs is 6. The molecular weight excluding hydrogens is 653 g/mol. The topological polar surface area (TPSA) is 43.6 Å². The van der Waals surface area contributed by atoms with Gasteiger partial charge in [-0.05, 0) is 79.1 Å². The molecule has 0 N–H and O–H groups in total. The Balaban J connectivity index is 1.13. The molecule has 4 nitrogen and oxygen atoms in total. The van der Waals surface area contributed by atoms with Gasteiger partial charge in [-0.25, -0.2) is 15.0 Å². The summed E-state index contributed by atoms with van der Waals surface area (Å²) in [6.45, 7) is 4.30. The second kappa shape index (κ2) is 12.1. The van der Waals surface area contributed by atoms with Crippen LogP contribution in [-0.2, 0) is 0 Å². The summed E-state index contributed by atoms with van der Waals surface area (Å²) in [6, 6.07) is 56.0. The summed E-state index contributed by atoms with van der Waals surface area (Å²) in [5.74, 6) is 1.97. The molecular formula is C47H32N4S. The van der Waals surface area contributed by atoms with Gasteiger partial charge in [0.15, 0.2) is 17.5 Å². The minimum Gasteiger partial charge on any atom is -0.309 e. The first-order valence-electron chi connectivity index (χ1n) is 17.5. The SMILES string of the molecule is Cc1ccc2c(c1)c1cc(-c3nc(-c4ccccc4)nc(-c4ccc(-c5cccc6c5sc5ccccc56)cc4C)n3)ccc1n2-c1ccccc1. The van der Waals surface area contributed by atoms with Crippen LogP contribution >= 0.6 is 11.3 Å². The van der Waals surface area contributed by atoms with Crippen LogP contribution in [0.15, 0.2) is 158 Å². The fourth-order valence-corrected chi connectivity index (χ4v) is 8.77. The van der Waals surface area contributed by atoms with Gasteiger partial charge in [-0.3, -0.25) is 0 Å². The molecule has 0 atom stereocenters. The highest BCUT2D eigenvalue weighted by atomic mass is 32.1. The van der Waals surface area contributed by atoms with E-state index in [1.54, 1.807) is 0 Å². The van der Waals surface area contributed by atoms with Crippen molar-refractivity contribution in [2.75, 3.05) is 0 Å². The van der Waals surface area contributed by atoms with Crippen LogP contribution in [0.1, 0.15) is 11.1 Å². The van der Waals surface area contributed by atoms with Crippen molar-refractivity contribution in [2.24, 2.45) is 0 Å². The van der Waals surface area contributed by atoms with Gasteiger partial charge >= 0.3 is 0 Å². The Hall–Kier alpha value is -6.43. The van der Waals surface area contributed by atoms with Crippen LogP contribution in [0.5, 0.6) is 0 Å². The predicted molar refractivity (Wildman–Crippen MR) is 218 cm³/mol. The molecule has 246 valence electrons. The summed E-state index contributed by atoms with van der Waals surface area (Å²) in [6.07, 6.45) is 0. The van der Waals surface area contributed by atoms with Gasteiger partial charge in [0, 0.05) is 53.3 Å². The summed E-state index contributed by atoms with van der Waals surface area (Å²) < 4.78 is 4.96. The van der Waals surface area contributed by atoms with Gasteiger partial charge in [0.25, 0.3) is 0 Å². The summed E-state index contributed by atoms with van der Waals surface area (Å²) in [7, 11) is 0. The minimum absolute atomic E-state index is 0.650. The van der Waals surface area contributed by atoms with Crippen LogP contribution in [-0.4, -0.2) is 19.5 Å². The monoisotopic (exact) mass is 684 g/mol. The number of thiophene rings is 1. The Labute approximate surface area is 305 Å². The first kappa shape index (κ1) is 30.4. The van der Waals surface area contributed by atoms with Crippen LogP contribution in [0.25, 0.3) is 93.0 Å². The van der Waals surface area contributed by atoms with Gasteiger partial charge in [0.05, 0.1) is 11.0 Å². The largest absolute Gasteiger partial charge is 0.309 e. The lowest BCUT2D eigenvalue weighted by molar-refractivity contribution is 1.07. The Morgan fingerprint density at radius 2 is 1.10 bits per heavy atom. The molecule has 0 aliphatic heterocycles. The van der Waals surface area contributed by atoms with Gasteiger partial charge in [0.1, 0.15) is 0 Å². The molecule has 0 amide bonds. The maximum Gasteiger partial charge on any atom is 0.164 e. The van der Waals surface area contributed by atoms with Crippen LogP contribution in [0.3, 0.4) is 0 Å². The van der Waals surface area contributed by atoms with Crippen molar-refractivity contribution in [1.82, 2.24) is 19.5 Å². The first-order valence-corrected chi connectivity index (χ1v) is 18.3. The molecule has 0 saturated heterocycles. The number of aryl methyl sites for hydroxylation is 2. The third kappa shape index (κ3) is 5.01. The fraction of sp³-hybridized carbons (Fsp3) is 0.0426. The highest BCUT2D eigenvalue weighted by Gasteiger charge is 2.18. The van der Waals surface area contributed by atoms with E-state index in [1.165, 1.54) is 53.2 Å². The van der Waals surface area contributed by atoms with E-state index < -0.39 is 0 Å². The number of para-hydroxylation sites is 1. The zero-order chi connectivity index (χ0) is 34.8. The van der Waals surface area contributed by atoms with Crippen molar-refractivity contribution < 1.29 is 0 Å². The molecule has 10 rings (SSSR count). The number of hydrogen-bond donors (Lipinski definition) is 0. The van der Waals surface area contributed by atoms with Crippen molar-refractivity contribution in [3.63, 3.8) is 0 Å². The Morgan fingerprint density at radius 1 is 0.442 bits per heavy atom. The zero-order valence-corrected chi connectivity index (χ0v) is 29.5. The fourth-order valence-electron chi connectivity index (χ4n) is 7.53. The molecule has 0 saturated carbocycles. The van der Waals surface area contributed by atoms with Crippen molar-refractivity contribution in [3.05, 3.63) is 169 Å².